The van der Waals surface area contributed by atoms with E-state index in [0.29, 0.717) is 19.7 Å². The van der Waals surface area contributed by atoms with E-state index in [1.807, 2.05) is 0 Å². The minimum Gasteiger partial charge on any atom is -0.376 e. The van der Waals surface area contributed by atoms with Crippen molar-refractivity contribution < 1.29 is 17.5 Å². The highest BCUT2D eigenvalue weighted by atomic mass is 32.2. The molecule has 6 heteroatoms. The molecule has 1 aliphatic heterocycles. The lowest BCUT2D eigenvalue weighted by Gasteiger charge is -2.29. The van der Waals surface area contributed by atoms with Gasteiger partial charge in [0.2, 0.25) is 10.0 Å². The zero-order chi connectivity index (χ0) is 9.90. The van der Waals surface area contributed by atoms with Crippen molar-refractivity contribution in [3.8, 4) is 0 Å². The average molecular weight is 211 g/mol. The van der Waals surface area contributed by atoms with Gasteiger partial charge < -0.3 is 4.74 Å². The molecule has 13 heavy (non-hydrogen) atoms. The van der Waals surface area contributed by atoms with Gasteiger partial charge in [-0.25, -0.2) is 12.8 Å². The number of alkyl halides is 1. The number of nitrogens with zero attached hydrogens (tertiary/aromatic N) is 1. The second kappa shape index (κ2) is 4.34. The molecule has 1 unspecified atom stereocenters. The van der Waals surface area contributed by atoms with Crippen LogP contribution in [0.5, 0.6) is 0 Å². The van der Waals surface area contributed by atoms with Gasteiger partial charge in [-0.1, -0.05) is 0 Å². The molecule has 0 bridgehead atoms. The van der Waals surface area contributed by atoms with Crippen LogP contribution in [0.15, 0.2) is 0 Å². The molecule has 1 fully saturated rings. The second-order valence-corrected chi connectivity index (χ2v) is 5.13. The van der Waals surface area contributed by atoms with Crippen LogP contribution in [-0.2, 0) is 14.8 Å². The van der Waals surface area contributed by atoms with Crippen LogP contribution < -0.4 is 0 Å². The summed E-state index contributed by atoms with van der Waals surface area (Å²) >= 11 is 0. The predicted octanol–water partition coefficient (Wildman–Crippen LogP) is 0.00640. The summed E-state index contributed by atoms with van der Waals surface area (Å²) in [6.07, 6.45) is -0.0943. The summed E-state index contributed by atoms with van der Waals surface area (Å²) in [6, 6.07) is 0. The van der Waals surface area contributed by atoms with Gasteiger partial charge in [0.15, 0.2) is 0 Å². The Bertz CT molecular complexity index is 254. The van der Waals surface area contributed by atoms with Gasteiger partial charge in [-0.3, -0.25) is 0 Å². The number of rotatable bonds is 3. The molecule has 1 rings (SSSR count). The van der Waals surface area contributed by atoms with Crippen molar-refractivity contribution in [2.75, 3.05) is 32.1 Å². The fraction of sp³-hybridized carbons (Fsp3) is 1.00. The maximum absolute atomic E-state index is 11.9. The third-order valence-electron chi connectivity index (χ3n) is 1.93. The molecular formula is C7H14FNO3S. The van der Waals surface area contributed by atoms with Crippen LogP contribution in [0.2, 0.25) is 0 Å². The van der Waals surface area contributed by atoms with Gasteiger partial charge in [-0.2, -0.15) is 4.31 Å². The zero-order valence-electron chi connectivity index (χ0n) is 7.57. The minimum absolute atomic E-state index is 0.0943. The van der Waals surface area contributed by atoms with Crippen LogP contribution in [0, 0.1) is 0 Å². The molecule has 78 valence electrons. The second-order valence-electron chi connectivity index (χ2n) is 3.04. The van der Waals surface area contributed by atoms with E-state index in [1.165, 1.54) is 4.31 Å². The van der Waals surface area contributed by atoms with E-state index in [0.717, 1.165) is 0 Å². The normalized spacial score (nSPS) is 26.2. The molecule has 0 aromatic rings. The van der Waals surface area contributed by atoms with Crippen molar-refractivity contribution in [2.24, 2.45) is 0 Å². The zero-order valence-corrected chi connectivity index (χ0v) is 8.39. The molecule has 1 aliphatic rings. The lowest BCUT2D eigenvalue weighted by molar-refractivity contribution is 0.0101. The van der Waals surface area contributed by atoms with E-state index >= 15 is 0 Å². The van der Waals surface area contributed by atoms with Gasteiger partial charge in [0.05, 0.1) is 18.5 Å². The smallest absolute Gasteiger partial charge is 0.216 e. The quantitative estimate of drug-likeness (QED) is 0.660. The summed E-state index contributed by atoms with van der Waals surface area (Å²) in [5.41, 5.74) is 0. The standard InChI is InChI=1S/C7H14FNO3S/c1-7-6-9(3-4-12-7)13(10,11)5-2-8/h7H,2-6H2,1H3. The van der Waals surface area contributed by atoms with Gasteiger partial charge >= 0.3 is 0 Å². The average Bonchev–Trinajstić information content (AvgIpc) is 2.04. The maximum Gasteiger partial charge on any atom is 0.216 e. The molecule has 0 spiro atoms. The number of hydrogen-bond donors (Lipinski definition) is 0. The number of morpholine rings is 1. The van der Waals surface area contributed by atoms with Crippen molar-refractivity contribution in [3.05, 3.63) is 0 Å². The molecule has 0 aromatic carbocycles. The van der Waals surface area contributed by atoms with Crippen molar-refractivity contribution >= 4 is 10.0 Å². The number of halogens is 1. The third kappa shape index (κ3) is 2.89. The van der Waals surface area contributed by atoms with Crippen LogP contribution in [0.1, 0.15) is 6.92 Å². The first-order chi connectivity index (χ1) is 6.06. The van der Waals surface area contributed by atoms with E-state index < -0.39 is 22.5 Å². The SMILES string of the molecule is CC1CN(S(=O)(=O)CCF)CCO1. The Morgan fingerprint density at radius 1 is 1.62 bits per heavy atom. The summed E-state index contributed by atoms with van der Waals surface area (Å²) < 4.78 is 41.1. The topological polar surface area (TPSA) is 46.6 Å². The Morgan fingerprint density at radius 3 is 2.85 bits per heavy atom. The van der Waals surface area contributed by atoms with E-state index in [-0.39, 0.29) is 6.10 Å². The summed E-state index contributed by atoms with van der Waals surface area (Å²) in [6.45, 7) is 2.05. The van der Waals surface area contributed by atoms with Gasteiger partial charge in [-0.05, 0) is 6.92 Å². The highest BCUT2D eigenvalue weighted by molar-refractivity contribution is 7.89. The Kier molecular flexibility index (Phi) is 3.63. The third-order valence-corrected chi connectivity index (χ3v) is 3.72. The van der Waals surface area contributed by atoms with Gasteiger partial charge in [0.1, 0.15) is 6.67 Å². The van der Waals surface area contributed by atoms with Gasteiger partial charge in [0, 0.05) is 13.1 Å². The molecule has 1 saturated heterocycles. The molecule has 0 aliphatic carbocycles. The van der Waals surface area contributed by atoms with Crippen LogP contribution in [-0.4, -0.2) is 51.0 Å². The molecule has 4 nitrogen and oxygen atoms in total. The van der Waals surface area contributed by atoms with Crippen LogP contribution >= 0.6 is 0 Å². The first-order valence-electron chi connectivity index (χ1n) is 4.21. The molecule has 1 atom stereocenters. The summed E-state index contributed by atoms with van der Waals surface area (Å²) in [5, 5.41) is 0. The number of ether oxygens (including phenoxy) is 1. The van der Waals surface area contributed by atoms with E-state index in [2.05, 4.69) is 0 Å². The van der Waals surface area contributed by atoms with Crippen LogP contribution in [0.3, 0.4) is 0 Å². The molecule has 0 saturated carbocycles. The van der Waals surface area contributed by atoms with Gasteiger partial charge in [-0.15, -0.1) is 0 Å². The lowest BCUT2D eigenvalue weighted by Crippen LogP contribution is -2.45. The van der Waals surface area contributed by atoms with Crippen molar-refractivity contribution in [1.82, 2.24) is 4.31 Å². The van der Waals surface area contributed by atoms with Crippen molar-refractivity contribution in [2.45, 2.75) is 13.0 Å². The van der Waals surface area contributed by atoms with Crippen molar-refractivity contribution in [3.63, 3.8) is 0 Å². The highest BCUT2D eigenvalue weighted by Gasteiger charge is 2.26. The van der Waals surface area contributed by atoms with E-state index in [4.69, 9.17) is 4.74 Å². The summed E-state index contributed by atoms with van der Waals surface area (Å²) in [4.78, 5) is 0. The number of hydrogen-bond acceptors (Lipinski definition) is 3. The highest BCUT2D eigenvalue weighted by Crippen LogP contribution is 2.09. The molecule has 0 aromatic heterocycles. The molecule has 1 heterocycles. The van der Waals surface area contributed by atoms with Crippen LogP contribution in [0.25, 0.3) is 0 Å². The fourth-order valence-electron chi connectivity index (χ4n) is 1.27. The Labute approximate surface area is 77.7 Å². The molecule has 0 amide bonds. The maximum atomic E-state index is 11.9. The minimum atomic E-state index is -3.39. The first-order valence-corrected chi connectivity index (χ1v) is 5.82. The molecule has 0 N–H and O–H groups in total. The Hall–Kier alpha value is -0.200. The summed E-state index contributed by atoms with van der Waals surface area (Å²) in [7, 11) is -3.39. The molecule has 0 radical (unpaired) electrons. The monoisotopic (exact) mass is 211 g/mol. The predicted molar refractivity (Wildman–Crippen MR) is 46.7 cm³/mol. The number of sulfonamides is 1. The van der Waals surface area contributed by atoms with Crippen LogP contribution in [0.4, 0.5) is 4.39 Å². The summed E-state index contributed by atoms with van der Waals surface area (Å²) in [5.74, 6) is -0.417. The largest absolute Gasteiger partial charge is 0.376 e. The lowest BCUT2D eigenvalue weighted by atomic mass is 10.3. The first kappa shape index (κ1) is 10.9. The molecular weight excluding hydrogens is 197 g/mol. The van der Waals surface area contributed by atoms with Gasteiger partial charge in [0.25, 0.3) is 0 Å². The van der Waals surface area contributed by atoms with Crippen molar-refractivity contribution in [1.29, 1.82) is 0 Å². The Balaban J connectivity index is 2.60. The Morgan fingerprint density at radius 2 is 2.31 bits per heavy atom. The van der Waals surface area contributed by atoms with E-state index in [1.54, 1.807) is 6.92 Å². The van der Waals surface area contributed by atoms with E-state index in [9.17, 15) is 12.8 Å². The fourth-order valence-corrected chi connectivity index (χ4v) is 2.51.